The summed E-state index contributed by atoms with van der Waals surface area (Å²) in [6.07, 6.45) is 3.89. The van der Waals surface area contributed by atoms with Crippen molar-refractivity contribution in [2.75, 3.05) is 6.54 Å². The Morgan fingerprint density at radius 3 is 2.57 bits per heavy atom. The highest BCUT2D eigenvalue weighted by Crippen LogP contribution is 2.42. The van der Waals surface area contributed by atoms with E-state index < -0.39 is 5.54 Å². The highest BCUT2D eigenvalue weighted by atomic mass is 35.5. The number of nitrogens with one attached hydrogen (secondary N) is 1. The van der Waals surface area contributed by atoms with E-state index in [4.69, 9.17) is 5.73 Å². The second kappa shape index (κ2) is 6.72. The van der Waals surface area contributed by atoms with E-state index in [1.165, 1.54) is 0 Å². The Hall–Kier alpha value is -1.85. The van der Waals surface area contributed by atoms with Gasteiger partial charge in [0.1, 0.15) is 0 Å². The normalized spacial score (nSPS) is 14.2. The van der Waals surface area contributed by atoms with Crippen LogP contribution in [0.3, 0.4) is 0 Å². The maximum Gasteiger partial charge on any atom is 0.254 e. The number of nitrogens with zero attached hydrogens (tertiary/aromatic N) is 2. The molecule has 5 nitrogen and oxygen atoms in total. The minimum absolute atomic E-state index is 0. The van der Waals surface area contributed by atoms with Crippen LogP contribution in [0.5, 0.6) is 0 Å². The van der Waals surface area contributed by atoms with E-state index in [1.807, 2.05) is 48.9 Å². The van der Waals surface area contributed by atoms with Gasteiger partial charge in [-0.15, -0.1) is 12.4 Å². The molecule has 0 spiro atoms. The topological polar surface area (TPSA) is 72.9 Å². The highest BCUT2D eigenvalue weighted by molar-refractivity contribution is 5.95. The molecule has 1 saturated carbocycles. The second-order valence-corrected chi connectivity index (χ2v) is 6.64. The summed E-state index contributed by atoms with van der Waals surface area (Å²) in [4.78, 5) is 12.5. The maximum absolute atomic E-state index is 12.5. The number of halogens is 1. The molecule has 124 valence electrons. The van der Waals surface area contributed by atoms with Gasteiger partial charge in [0.2, 0.25) is 0 Å². The molecule has 3 N–H and O–H groups in total. The molecule has 23 heavy (non-hydrogen) atoms. The van der Waals surface area contributed by atoms with E-state index in [2.05, 4.69) is 10.4 Å². The zero-order chi connectivity index (χ0) is 15.7. The van der Waals surface area contributed by atoms with Gasteiger partial charge in [0.05, 0.1) is 23.1 Å². The lowest BCUT2D eigenvalue weighted by atomic mass is 10.1. The molecule has 6 heteroatoms. The molecule has 1 aliphatic carbocycles. The summed E-state index contributed by atoms with van der Waals surface area (Å²) in [7, 11) is 0. The first-order valence-electron chi connectivity index (χ1n) is 7.66. The summed E-state index contributed by atoms with van der Waals surface area (Å²) in [5.74, 6) is 0.331. The molecule has 1 aliphatic rings. The van der Waals surface area contributed by atoms with E-state index in [0.717, 1.165) is 24.2 Å². The molecular formula is C17H23ClN4O. The zero-order valence-electron chi connectivity index (χ0n) is 13.5. The van der Waals surface area contributed by atoms with Crippen molar-refractivity contribution in [1.29, 1.82) is 0 Å². The highest BCUT2D eigenvalue weighted by Gasteiger charge is 2.33. The Morgan fingerprint density at radius 1 is 1.35 bits per heavy atom. The van der Waals surface area contributed by atoms with Crippen LogP contribution in [-0.2, 0) is 0 Å². The van der Waals surface area contributed by atoms with Crippen LogP contribution in [0, 0.1) is 0 Å². The third-order valence-corrected chi connectivity index (χ3v) is 3.72. The van der Waals surface area contributed by atoms with Crippen LogP contribution in [0.4, 0.5) is 0 Å². The van der Waals surface area contributed by atoms with Gasteiger partial charge in [-0.1, -0.05) is 18.2 Å². The summed E-state index contributed by atoms with van der Waals surface area (Å²) < 4.78 is 1.89. The number of carbonyl (C=O) groups is 1. The van der Waals surface area contributed by atoms with Crippen molar-refractivity contribution in [3.05, 3.63) is 47.8 Å². The van der Waals surface area contributed by atoms with Crippen LogP contribution < -0.4 is 11.1 Å². The fourth-order valence-corrected chi connectivity index (χ4v) is 2.46. The molecule has 0 atom stereocenters. The van der Waals surface area contributed by atoms with Gasteiger partial charge in [-0.25, -0.2) is 4.68 Å². The predicted octanol–water partition coefficient (Wildman–Crippen LogP) is 2.64. The first-order valence-corrected chi connectivity index (χ1v) is 7.66. The van der Waals surface area contributed by atoms with Gasteiger partial charge in [-0.05, 0) is 38.8 Å². The summed E-state index contributed by atoms with van der Waals surface area (Å²) in [6.45, 7) is 4.22. The Morgan fingerprint density at radius 2 is 2.00 bits per heavy atom. The van der Waals surface area contributed by atoms with Gasteiger partial charge in [0, 0.05) is 18.0 Å². The van der Waals surface area contributed by atoms with Crippen LogP contribution in [0.25, 0.3) is 5.69 Å². The second-order valence-electron chi connectivity index (χ2n) is 6.64. The average Bonchev–Trinajstić information content (AvgIpc) is 3.23. The number of para-hydroxylation sites is 1. The molecule has 1 aromatic carbocycles. The molecule has 0 unspecified atom stereocenters. The van der Waals surface area contributed by atoms with E-state index in [1.54, 1.807) is 6.20 Å². The fraction of sp³-hybridized carbons (Fsp3) is 0.412. The van der Waals surface area contributed by atoms with Crippen molar-refractivity contribution in [1.82, 2.24) is 15.1 Å². The molecule has 0 aliphatic heterocycles. The third-order valence-electron chi connectivity index (χ3n) is 3.72. The third kappa shape index (κ3) is 4.12. The van der Waals surface area contributed by atoms with E-state index in [0.29, 0.717) is 18.0 Å². The molecule has 1 amide bonds. The maximum atomic E-state index is 12.5. The number of hydrogen-bond donors (Lipinski definition) is 2. The lowest BCUT2D eigenvalue weighted by molar-refractivity contribution is 0.0945. The van der Waals surface area contributed by atoms with Crippen LogP contribution in [0.1, 0.15) is 48.7 Å². The van der Waals surface area contributed by atoms with Crippen molar-refractivity contribution in [3.63, 3.8) is 0 Å². The van der Waals surface area contributed by atoms with Crippen molar-refractivity contribution in [3.8, 4) is 5.69 Å². The van der Waals surface area contributed by atoms with Gasteiger partial charge in [0.25, 0.3) is 5.91 Å². The van der Waals surface area contributed by atoms with E-state index in [-0.39, 0.29) is 18.3 Å². The number of benzene rings is 1. The Bertz CT molecular complexity index is 672. The van der Waals surface area contributed by atoms with Crippen LogP contribution in [0.15, 0.2) is 36.5 Å². The van der Waals surface area contributed by atoms with E-state index in [9.17, 15) is 4.79 Å². The molecule has 1 aromatic heterocycles. The van der Waals surface area contributed by atoms with Crippen LogP contribution in [-0.4, -0.2) is 27.8 Å². The minimum Gasteiger partial charge on any atom is -0.350 e. The van der Waals surface area contributed by atoms with Gasteiger partial charge in [-0.2, -0.15) is 5.10 Å². The molecular weight excluding hydrogens is 312 g/mol. The van der Waals surface area contributed by atoms with Gasteiger partial charge < -0.3 is 11.1 Å². The number of hydrogen-bond acceptors (Lipinski definition) is 3. The molecule has 0 saturated heterocycles. The quantitative estimate of drug-likeness (QED) is 0.882. The predicted molar refractivity (Wildman–Crippen MR) is 93.4 cm³/mol. The number of nitrogens with two attached hydrogens (primary N) is 1. The molecule has 3 rings (SSSR count). The monoisotopic (exact) mass is 334 g/mol. The largest absolute Gasteiger partial charge is 0.350 e. The van der Waals surface area contributed by atoms with E-state index >= 15 is 0 Å². The summed E-state index contributed by atoms with van der Waals surface area (Å²) in [6, 6.07) is 9.93. The molecule has 0 radical (unpaired) electrons. The smallest absolute Gasteiger partial charge is 0.254 e. The van der Waals surface area contributed by atoms with Gasteiger partial charge >= 0.3 is 0 Å². The van der Waals surface area contributed by atoms with Crippen molar-refractivity contribution >= 4 is 18.3 Å². The lowest BCUT2D eigenvalue weighted by Gasteiger charge is -2.19. The number of aromatic nitrogens is 2. The lowest BCUT2D eigenvalue weighted by Crippen LogP contribution is -2.45. The van der Waals surface area contributed by atoms with Crippen LogP contribution >= 0.6 is 12.4 Å². The van der Waals surface area contributed by atoms with Gasteiger partial charge in [-0.3, -0.25) is 4.79 Å². The first kappa shape index (κ1) is 17.5. The molecule has 0 bridgehead atoms. The fourth-order valence-electron chi connectivity index (χ4n) is 2.46. The first-order chi connectivity index (χ1) is 10.5. The Balaban J connectivity index is 0.00000192. The Labute approximate surface area is 142 Å². The summed E-state index contributed by atoms with van der Waals surface area (Å²) in [5.41, 5.74) is 8.17. The molecule has 2 aromatic rings. The van der Waals surface area contributed by atoms with Crippen molar-refractivity contribution in [2.24, 2.45) is 5.73 Å². The number of rotatable bonds is 5. The molecule has 1 heterocycles. The summed E-state index contributed by atoms with van der Waals surface area (Å²) >= 11 is 0. The minimum atomic E-state index is -0.426. The van der Waals surface area contributed by atoms with Crippen molar-refractivity contribution < 1.29 is 4.79 Å². The average molecular weight is 335 g/mol. The number of amides is 1. The standard InChI is InChI=1S/C17H22N4O.ClH/c1-17(2,18)11-19-16(22)14-10-20-21(15(14)12-8-9-12)13-6-4-3-5-7-13;/h3-7,10,12H,8-9,11,18H2,1-2H3,(H,19,22);1H. The summed E-state index contributed by atoms with van der Waals surface area (Å²) in [5, 5.41) is 7.35. The van der Waals surface area contributed by atoms with Gasteiger partial charge in [0.15, 0.2) is 0 Å². The molecule has 1 fully saturated rings. The Kier molecular flexibility index (Phi) is 5.12. The zero-order valence-corrected chi connectivity index (χ0v) is 14.3. The SMILES string of the molecule is CC(C)(N)CNC(=O)c1cnn(-c2ccccc2)c1C1CC1.Cl. The van der Waals surface area contributed by atoms with Crippen LogP contribution in [0.2, 0.25) is 0 Å². The number of carbonyl (C=O) groups excluding carboxylic acids is 1. The van der Waals surface area contributed by atoms with Crippen molar-refractivity contribution in [2.45, 2.75) is 38.1 Å².